The SMILES string of the molecule is CCCc1c(CO)c(CO)c2n1-c1ccccc1C2. The van der Waals surface area contributed by atoms with Crippen LogP contribution in [-0.2, 0) is 26.1 Å². The highest BCUT2D eigenvalue weighted by molar-refractivity contribution is 5.57. The first-order chi connectivity index (χ1) is 9.31. The van der Waals surface area contributed by atoms with E-state index in [1.807, 2.05) is 6.07 Å². The Kier molecular flexibility index (Phi) is 3.17. The summed E-state index contributed by atoms with van der Waals surface area (Å²) in [6.45, 7) is 2.15. The summed E-state index contributed by atoms with van der Waals surface area (Å²) in [5.41, 5.74) is 6.66. The van der Waals surface area contributed by atoms with Crippen LogP contribution >= 0.6 is 0 Å². The minimum Gasteiger partial charge on any atom is -0.392 e. The van der Waals surface area contributed by atoms with E-state index in [4.69, 9.17) is 0 Å². The molecule has 1 aliphatic rings. The number of hydrogen-bond donors (Lipinski definition) is 2. The molecule has 0 spiro atoms. The van der Waals surface area contributed by atoms with E-state index in [-0.39, 0.29) is 13.2 Å². The van der Waals surface area contributed by atoms with Crippen molar-refractivity contribution in [3.8, 4) is 5.69 Å². The lowest BCUT2D eigenvalue weighted by Gasteiger charge is -2.09. The zero-order valence-electron chi connectivity index (χ0n) is 11.2. The number of nitrogens with zero attached hydrogens (tertiary/aromatic N) is 1. The standard InChI is InChI=1S/C16H19NO2/c1-2-5-15-12(9-18)13(10-19)16-8-11-6-3-4-7-14(11)17(15)16/h3-4,6-7,18-19H,2,5,8-10H2,1H3. The van der Waals surface area contributed by atoms with E-state index >= 15 is 0 Å². The van der Waals surface area contributed by atoms with Crippen LogP contribution in [0.1, 0.15) is 41.4 Å². The molecule has 2 aromatic rings. The van der Waals surface area contributed by atoms with E-state index in [9.17, 15) is 10.2 Å². The molecule has 1 aromatic heterocycles. The third-order valence-corrected chi connectivity index (χ3v) is 3.99. The Balaban J connectivity index is 2.26. The molecule has 0 saturated heterocycles. The highest BCUT2D eigenvalue weighted by Gasteiger charge is 2.27. The van der Waals surface area contributed by atoms with Gasteiger partial charge in [-0.3, -0.25) is 0 Å². The molecule has 0 radical (unpaired) electrons. The zero-order chi connectivity index (χ0) is 13.4. The van der Waals surface area contributed by atoms with Gasteiger partial charge in [0.2, 0.25) is 0 Å². The normalized spacial score (nSPS) is 12.6. The van der Waals surface area contributed by atoms with Crippen LogP contribution in [0.15, 0.2) is 24.3 Å². The lowest BCUT2D eigenvalue weighted by Crippen LogP contribution is -2.01. The first-order valence-electron chi connectivity index (χ1n) is 6.86. The van der Waals surface area contributed by atoms with Crippen LogP contribution in [0, 0.1) is 0 Å². The lowest BCUT2D eigenvalue weighted by molar-refractivity contribution is 0.259. The minimum atomic E-state index is 0.00291. The number of hydrogen-bond acceptors (Lipinski definition) is 2. The van der Waals surface area contributed by atoms with Crippen molar-refractivity contribution >= 4 is 0 Å². The summed E-state index contributed by atoms with van der Waals surface area (Å²) in [5.74, 6) is 0. The van der Waals surface area contributed by atoms with Crippen molar-refractivity contribution in [3.63, 3.8) is 0 Å². The van der Waals surface area contributed by atoms with Gasteiger partial charge < -0.3 is 14.8 Å². The molecule has 19 heavy (non-hydrogen) atoms. The Morgan fingerprint density at radius 1 is 1.11 bits per heavy atom. The molecule has 3 rings (SSSR count). The van der Waals surface area contributed by atoms with Crippen LogP contribution in [0.25, 0.3) is 5.69 Å². The molecule has 3 nitrogen and oxygen atoms in total. The second-order valence-electron chi connectivity index (χ2n) is 5.06. The number of aliphatic hydroxyl groups excluding tert-OH is 2. The maximum atomic E-state index is 9.65. The Hall–Kier alpha value is -1.58. The average molecular weight is 257 g/mol. The molecule has 0 fully saturated rings. The van der Waals surface area contributed by atoms with Gasteiger partial charge in [-0.15, -0.1) is 0 Å². The van der Waals surface area contributed by atoms with Gasteiger partial charge in [-0.25, -0.2) is 0 Å². The summed E-state index contributed by atoms with van der Waals surface area (Å²) in [6, 6.07) is 8.35. The van der Waals surface area contributed by atoms with E-state index in [1.54, 1.807) is 0 Å². The zero-order valence-corrected chi connectivity index (χ0v) is 11.2. The maximum Gasteiger partial charge on any atom is 0.0703 e. The van der Waals surface area contributed by atoms with Crippen LogP contribution in [-0.4, -0.2) is 14.8 Å². The molecule has 2 N–H and O–H groups in total. The molecule has 0 aliphatic carbocycles. The van der Waals surface area contributed by atoms with Gasteiger partial charge in [-0.05, 0) is 18.1 Å². The predicted molar refractivity (Wildman–Crippen MR) is 74.4 cm³/mol. The van der Waals surface area contributed by atoms with Gasteiger partial charge in [0.05, 0.1) is 13.2 Å². The van der Waals surface area contributed by atoms with Crippen LogP contribution in [0.4, 0.5) is 0 Å². The fourth-order valence-electron chi connectivity index (χ4n) is 3.19. The second-order valence-corrected chi connectivity index (χ2v) is 5.06. The Morgan fingerprint density at radius 3 is 2.53 bits per heavy atom. The molecule has 0 bridgehead atoms. The summed E-state index contributed by atoms with van der Waals surface area (Å²) in [4.78, 5) is 0. The fourth-order valence-corrected chi connectivity index (χ4v) is 3.19. The molecule has 2 heterocycles. The average Bonchev–Trinajstić information content (AvgIpc) is 2.93. The van der Waals surface area contributed by atoms with Crippen molar-refractivity contribution in [2.75, 3.05) is 0 Å². The molecule has 3 heteroatoms. The molecule has 1 aliphatic heterocycles. The van der Waals surface area contributed by atoms with Gasteiger partial charge in [0.1, 0.15) is 0 Å². The van der Waals surface area contributed by atoms with Gasteiger partial charge in [0.15, 0.2) is 0 Å². The summed E-state index contributed by atoms with van der Waals surface area (Å²) in [7, 11) is 0. The molecule has 1 aromatic carbocycles. The first kappa shape index (κ1) is 12.5. The highest BCUT2D eigenvalue weighted by atomic mass is 16.3. The summed E-state index contributed by atoms with van der Waals surface area (Å²) in [5, 5.41) is 19.3. The van der Waals surface area contributed by atoms with Gasteiger partial charge >= 0.3 is 0 Å². The van der Waals surface area contributed by atoms with Gasteiger partial charge in [0, 0.05) is 34.6 Å². The van der Waals surface area contributed by atoms with Gasteiger partial charge in [-0.2, -0.15) is 0 Å². The molecule has 100 valence electrons. The topological polar surface area (TPSA) is 45.4 Å². The van der Waals surface area contributed by atoms with Crippen LogP contribution in [0.2, 0.25) is 0 Å². The van der Waals surface area contributed by atoms with Gasteiger partial charge in [0.25, 0.3) is 0 Å². The van der Waals surface area contributed by atoms with Crippen molar-refractivity contribution in [1.82, 2.24) is 4.57 Å². The lowest BCUT2D eigenvalue weighted by atomic mass is 10.0. The van der Waals surface area contributed by atoms with Crippen molar-refractivity contribution in [2.24, 2.45) is 0 Å². The van der Waals surface area contributed by atoms with E-state index in [0.717, 1.165) is 41.8 Å². The molecule has 0 amide bonds. The van der Waals surface area contributed by atoms with Crippen LogP contribution in [0.3, 0.4) is 0 Å². The van der Waals surface area contributed by atoms with E-state index in [0.29, 0.717) is 0 Å². The van der Waals surface area contributed by atoms with Crippen molar-refractivity contribution in [1.29, 1.82) is 0 Å². The first-order valence-corrected chi connectivity index (χ1v) is 6.86. The van der Waals surface area contributed by atoms with E-state index in [1.165, 1.54) is 11.3 Å². The number of fused-ring (bicyclic) bond motifs is 3. The Morgan fingerprint density at radius 2 is 1.84 bits per heavy atom. The number of para-hydroxylation sites is 1. The monoisotopic (exact) mass is 257 g/mol. The van der Waals surface area contributed by atoms with Crippen LogP contribution in [0.5, 0.6) is 0 Å². The second kappa shape index (κ2) is 4.83. The number of benzene rings is 1. The van der Waals surface area contributed by atoms with E-state index < -0.39 is 0 Å². The van der Waals surface area contributed by atoms with Crippen molar-refractivity contribution in [2.45, 2.75) is 39.4 Å². The maximum absolute atomic E-state index is 9.65. The number of rotatable bonds is 4. The minimum absolute atomic E-state index is 0.00291. The summed E-state index contributed by atoms with van der Waals surface area (Å²) >= 11 is 0. The smallest absolute Gasteiger partial charge is 0.0703 e. The quantitative estimate of drug-likeness (QED) is 0.753. The van der Waals surface area contributed by atoms with Gasteiger partial charge in [-0.1, -0.05) is 31.5 Å². The molecular weight excluding hydrogens is 238 g/mol. The molecule has 0 atom stereocenters. The Bertz CT molecular complexity index is 613. The molecule has 0 saturated carbocycles. The highest BCUT2D eigenvalue weighted by Crippen LogP contribution is 2.36. The Labute approximate surface area is 113 Å². The largest absolute Gasteiger partial charge is 0.392 e. The van der Waals surface area contributed by atoms with Crippen LogP contribution < -0.4 is 0 Å². The fraction of sp³-hybridized carbons (Fsp3) is 0.375. The van der Waals surface area contributed by atoms with Crippen molar-refractivity contribution < 1.29 is 10.2 Å². The molecule has 0 unspecified atom stereocenters. The third kappa shape index (κ3) is 1.73. The number of aromatic nitrogens is 1. The molecular formula is C16H19NO2. The summed E-state index contributed by atoms with van der Waals surface area (Å²) in [6.07, 6.45) is 2.81. The van der Waals surface area contributed by atoms with E-state index in [2.05, 4.69) is 29.7 Å². The third-order valence-electron chi connectivity index (χ3n) is 3.99. The van der Waals surface area contributed by atoms with Crippen molar-refractivity contribution in [3.05, 3.63) is 52.3 Å². The number of aliphatic hydroxyl groups is 2. The summed E-state index contributed by atoms with van der Waals surface area (Å²) < 4.78 is 2.25. The predicted octanol–water partition coefficient (Wildman–Crippen LogP) is 2.32.